The van der Waals surface area contributed by atoms with Gasteiger partial charge in [0.15, 0.2) is 0 Å². The van der Waals surface area contributed by atoms with E-state index in [0.29, 0.717) is 12.1 Å². The van der Waals surface area contributed by atoms with Crippen LogP contribution in [0.3, 0.4) is 0 Å². The number of hydrogen-bond donors (Lipinski definition) is 2. The van der Waals surface area contributed by atoms with Crippen molar-refractivity contribution in [3.05, 3.63) is 0 Å². The Hall–Kier alpha value is -0.610. The first-order chi connectivity index (χ1) is 6.68. The maximum atomic E-state index is 11.8. The van der Waals surface area contributed by atoms with Crippen molar-refractivity contribution in [1.82, 2.24) is 15.5 Å². The van der Waals surface area contributed by atoms with Gasteiger partial charge >= 0.3 is 0 Å². The van der Waals surface area contributed by atoms with Crippen LogP contribution in [-0.4, -0.2) is 49.1 Å². The minimum Gasteiger partial charge on any atom is -0.339 e. The van der Waals surface area contributed by atoms with Gasteiger partial charge in [-0.05, 0) is 0 Å². The van der Waals surface area contributed by atoms with E-state index in [1.807, 2.05) is 18.7 Å². The highest BCUT2D eigenvalue weighted by molar-refractivity contribution is 5.78. The second kappa shape index (κ2) is 3.87. The third-order valence-corrected chi connectivity index (χ3v) is 3.06. The summed E-state index contributed by atoms with van der Waals surface area (Å²) < 4.78 is 0. The van der Waals surface area contributed by atoms with Gasteiger partial charge in [0.1, 0.15) is 0 Å². The number of rotatable bonds is 1. The molecule has 2 atom stereocenters. The lowest BCUT2D eigenvalue weighted by Crippen LogP contribution is -2.55. The quantitative estimate of drug-likeness (QED) is 0.591. The van der Waals surface area contributed by atoms with Crippen molar-refractivity contribution in [1.29, 1.82) is 0 Å². The van der Waals surface area contributed by atoms with E-state index in [-0.39, 0.29) is 11.8 Å². The second-order valence-electron chi connectivity index (χ2n) is 4.52. The molecule has 4 nitrogen and oxygen atoms in total. The molecule has 2 aliphatic heterocycles. The molecule has 0 aromatic carbocycles. The molecule has 2 N–H and O–H groups in total. The van der Waals surface area contributed by atoms with E-state index in [9.17, 15) is 4.79 Å². The zero-order chi connectivity index (χ0) is 10.1. The Balaban J connectivity index is 1.95. The number of nitrogens with zero attached hydrogens (tertiary/aromatic N) is 1. The minimum atomic E-state index is 0.121. The molecule has 2 unspecified atom stereocenters. The van der Waals surface area contributed by atoms with Gasteiger partial charge in [-0.2, -0.15) is 0 Å². The van der Waals surface area contributed by atoms with Gasteiger partial charge in [0.05, 0.1) is 0 Å². The van der Waals surface area contributed by atoms with Crippen LogP contribution >= 0.6 is 0 Å². The Morgan fingerprint density at radius 1 is 1.21 bits per heavy atom. The van der Waals surface area contributed by atoms with E-state index in [4.69, 9.17) is 0 Å². The molecular weight excluding hydrogens is 178 g/mol. The summed E-state index contributed by atoms with van der Waals surface area (Å²) in [5, 5.41) is 6.90. The molecule has 0 radical (unpaired) electrons. The fourth-order valence-electron chi connectivity index (χ4n) is 2.28. The molecule has 0 spiro atoms. The van der Waals surface area contributed by atoms with Crippen LogP contribution in [0.1, 0.15) is 13.8 Å². The van der Waals surface area contributed by atoms with Gasteiger partial charge in [-0.1, -0.05) is 13.8 Å². The lowest BCUT2D eigenvalue weighted by Gasteiger charge is -2.26. The van der Waals surface area contributed by atoms with E-state index in [0.717, 1.165) is 26.2 Å². The van der Waals surface area contributed by atoms with E-state index in [1.165, 1.54) is 0 Å². The van der Waals surface area contributed by atoms with Gasteiger partial charge in [0.25, 0.3) is 0 Å². The fraction of sp³-hybridized carbons (Fsp3) is 0.900. The van der Waals surface area contributed by atoms with E-state index in [2.05, 4.69) is 10.6 Å². The Bertz CT molecular complexity index is 215. The van der Waals surface area contributed by atoms with E-state index < -0.39 is 0 Å². The molecule has 2 rings (SSSR count). The number of likely N-dealkylation sites (tertiary alicyclic amines) is 1. The third kappa shape index (κ3) is 1.77. The molecule has 4 heteroatoms. The van der Waals surface area contributed by atoms with Crippen LogP contribution in [0.2, 0.25) is 0 Å². The third-order valence-electron chi connectivity index (χ3n) is 3.06. The van der Waals surface area contributed by atoms with Gasteiger partial charge < -0.3 is 15.5 Å². The number of hydrogen-bond acceptors (Lipinski definition) is 3. The highest BCUT2D eigenvalue weighted by Crippen LogP contribution is 2.14. The van der Waals surface area contributed by atoms with Crippen molar-refractivity contribution in [2.45, 2.75) is 25.9 Å². The second-order valence-corrected chi connectivity index (χ2v) is 4.52. The van der Waals surface area contributed by atoms with Crippen LogP contribution in [0.15, 0.2) is 0 Å². The summed E-state index contributed by atoms with van der Waals surface area (Å²) in [5.74, 6) is 0.401. The number of piperazine rings is 1. The largest absolute Gasteiger partial charge is 0.339 e. The minimum absolute atomic E-state index is 0.121. The Kier molecular flexibility index (Phi) is 2.74. The number of fused-ring (bicyclic) bond motifs is 1. The standard InChI is InChI=1S/C10H19N3O/c1-7(2)10(14)13-5-8-9(6-13)12-4-3-11-8/h7-9,11-12H,3-6H2,1-2H3. The number of amides is 1. The molecule has 80 valence electrons. The van der Waals surface area contributed by atoms with Crippen molar-refractivity contribution in [2.24, 2.45) is 5.92 Å². The molecule has 2 aliphatic rings. The van der Waals surface area contributed by atoms with Crippen LogP contribution in [0, 0.1) is 5.92 Å². The lowest BCUT2D eigenvalue weighted by molar-refractivity contribution is -0.133. The maximum Gasteiger partial charge on any atom is 0.225 e. The first-order valence-electron chi connectivity index (χ1n) is 5.44. The average molecular weight is 197 g/mol. The molecule has 0 aromatic rings. The molecule has 2 fully saturated rings. The zero-order valence-electron chi connectivity index (χ0n) is 8.92. The molecule has 2 heterocycles. The lowest BCUT2D eigenvalue weighted by atomic mass is 10.1. The van der Waals surface area contributed by atoms with Crippen LogP contribution in [-0.2, 0) is 4.79 Å². The topological polar surface area (TPSA) is 44.4 Å². The summed E-state index contributed by atoms with van der Waals surface area (Å²) in [7, 11) is 0. The van der Waals surface area contributed by atoms with Crippen molar-refractivity contribution in [2.75, 3.05) is 26.2 Å². The maximum absolute atomic E-state index is 11.8. The Morgan fingerprint density at radius 3 is 2.14 bits per heavy atom. The van der Waals surface area contributed by atoms with Gasteiger partial charge in [-0.3, -0.25) is 4.79 Å². The van der Waals surface area contributed by atoms with Crippen LogP contribution in [0.4, 0.5) is 0 Å². The first-order valence-corrected chi connectivity index (χ1v) is 5.44. The van der Waals surface area contributed by atoms with Crippen LogP contribution in [0.5, 0.6) is 0 Å². The molecule has 0 aromatic heterocycles. The molecule has 0 aliphatic carbocycles. The van der Waals surface area contributed by atoms with E-state index in [1.54, 1.807) is 0 Å². The van der Waals surface area contributed by atoms with Crippen LogP contribution < -0.4 is 10.6 Å². The monoisotopic (exact) mass is 197 g/mol. The van der Waals surface area contributed by atoms with Gasteiger partial charge in [-0.15, -0.1) is 0 Å². The molecule has 14 heavy (non-hydrogen) atoms. The number of nitrogens with one attached hydrogen (secondary N) is 2. The average Bonchev–Trinajstić information content (AvgIpc) is 2.59. The normalized spacial score (nSPS) is 32.1. The predicted octanol–water partition coefficient (Wildman–Crippen LogP) is -0.585. The predicted molar refractivity (Wildman–Crippen MR) is 55.0 cm³/mol. The summed E-state index contributed by atoms with van der Waals surface area (Å²) in [6.07, 6.45) is 0. The van der Waals surface area contributed by atoms with Gasteiger partial charge in [-0.25, -0.2) is 0 Å². The molecule has 1 amide bonds. The van der Waals surface area contributed by atoms with E-state index >= 15 is 0 Å². The number of carbonyl (C=O) groups is 1. The summed E-state index contributed by atoms with van der Waals surface area (Å²) in [5.41, 5.74) is 0. The van der Waals surface area contributed by atoms with Crippen molar-refractivity contribution >= 4 is 5.91 Å². The molecule has 0 saturated carbocycles. The van der Waals surface area contributed by atoms with Crippen molar-refractivity contribution in [3.63, 3.8) is 0 Å². The number of carbonyl (C=O) groups excluding carboxylic acids is 1. The van der Waals surface area contributed by atoms with Crippen LogP contribution in [0.25, 0.3) is 0 Å². The molecule has 0 bridgehead atoms. The summed E-state index contributed by atoms with van der Waals surface area (Å²) >= 11 is 0. The Morgan fingerprint density at radius 2 is 1.71 bits per heavy atom. The van der Waals surface area contributed by atoms with Crippen molar-refractivity contribution in [3.8, 4) is 0 Å². The smallest absolute Gasteiger partial charge is 0.225 e. The fourth-order valence-corrected chi connectivity index (χ4v) is 2.28. The summed E-state index contributed by atoms with van der Waals surface area (Å²) in [4.78, 5) is 13.7. The summed E-state index contributed by atoms with van der Waals surface area (Å²) in [6.45, 7) is 7.70. The zero-order valence-corrected chi connectivity index (χ0v) is 8.92. The Labute approximate surface area is 85.0 Å². The molecular formula is C10H19N3O. The van der Waals surface area contributed by atoms with Gasteiger partial charge in [0.2, 0.25) is 5.91 Å². The SMILES string of the molecule is CC(C)C(=O)N1CC2NCCNC2C1. The van der Waals surface area contributed by atoms with Gasteiger partial charge in [0, 0.05) is 44.2 Å². The summed E-state index contributed by atoms with van der Waals surface area (Å²) in [6, 6.07) is 0.929. The molecule has 2 saturated heterocycles. The van der Waals surface area contributed by atoms with Crippen molar-refractivity contribution < 1.29 is 4.79 Å². The highest BCUT2D eigenvalue weighted by atomic mass is 16.2. The highest BCUT2D eigenvalue weighted by Gasteiger charge is 2.36. The first kappa shape index (κ1) is 9.93.